The van der Waals surface area contributed by atoms with Crippen LogP contribution in [0.4, 0.5) is 10.5 Å². The van der Waals surface area contributed by atoms with Crippen LogP contribution in [0.15, 0.2) is 24.3 Å². The zero-order valence-electron chi connectivity index (χ0n) is 17.8. The first-order valence-electron chi connectivity index (χ1n) is 10.0. The fourth-order valence-electron chi connectivity index (χ4n) is 3.30. The normalized spacial score (nSPS) is 21.6. The van der Waals surface area contributed by atoms with Crippen LogP contribution in [-0.4, -0.2) is 28.8 Å². The average Bonchev–Trinajstić information content (AvgIpc) is 2.62. The molecule has 1 fully saturated rings. The number of anilines is 1. The van der Waals surface area contributed by atoms with E-state index in [1.54, 1.807) is 45.0 Å². The van der Waals surface area contributed by atoms with Crippen molar-refractivity contribution in [3.63, 3.8) is 0 Å². The second-order valence-corrected chi connectivity index (χ2v) is 9.04. The second kappa shape index (κ2) is 9.91. The van der Waals surface area contributed by atoms with Gasteiger partial charge in [0.25, 0.3) is 5.91 Å². The molecule has 2 rings (SSSR count). The van der Waals surface area contributed by atoms with E-state index in [1.807, 2.05) is 0 Å². The smallest absolute Gasteiger partial charge is 0.412 e. The lowest BCUT2D eigenvalue weighted by Crippen LogP contribution is -2.52. The number of carbonyl (C=O) groups is 2. The monoisotopic (exact) mass is 420 g/mol. The minimum atomic E-state index is -0.574. The third-order valence-corrected chi connectivity index (χ3v) is 5.33. The first kappa shape index (κ1) is 22.9. The standard InChI is InChI=1S/C21H32N4O3S/c1-13-7-6-8-17(14(13)2)23-19(29)25-24-18(26)15-9-11-16(12-10-15)22-20(27)28-21(3,4)5/h9-14,17H,6-8H2,1-5H3,(H,22,27)(H,24,26)(H2,23,25,29)/t13-,14-,17-/m1/s1. The van der Waals surface area contributed by atoms with Gasteiger partial charge in [0.15, 0.2) is 5.11 Å². The number of ether oxygens (including phenoxy) is 1. The van der Waals surface area contributed by atoms with Crippen molar-refractivity contribution in [2.45, 2.75) is 65.5 Å². The van der Waals surface area contributed by atoms with Gasteiger partial charge in [0.05, 0.1) is 0 Å². The Kier molecular flexibility index (Phi) is 7.84. The van der Waals surface area contributed by atoms with E-state index in [9.17, 15) is 9.59 Å². The molecule has 29 heavy (non-hydrogen) atoms. The molecule has 4 N–H and O–H groups in total. The first-order valence-corrected chi connectivity index (χ1v) is 10.4. The first-order chi connectivity index (χ1) is 13.5. The fourth-order valence-corrected chi connectivity index (χ4v) is 3.50. The highest BCUT2D eigenvalue weighted by Gasteiger charge is 2.27. The number of benzene rings is 1. The van der Waals surface area contributed by atoms with Gasteiger partial charge in [-0.15, -0.1) is 0 Å². The number of nitrogens with one attached hydrogen (secondary N) is 4. The molecule has 7 nitrogen and oxygen atoms in total. The van der Waals surface area contributed by atoms with Crippen LogP contribution >= 0.6 is 12.2 Å². The predicted molar refractivity (Wildman–Crippen MR) is 119 cm³/mol. The number of amides is 2. The molecule has 1 aromatic carbocycles. The molecule has 0 aliphatic heterocycles. The van der Waals surface area contributed by atoms with E-state index in [-0.39, 0.29) is 5.91 Å². The SMILES string of the molecule is C[C@@H]1[C@H](C)CCC[C@H]1NC(=S)NNC(=O)c1ccc(NC(=O)OC(C)(C)C)cc1. The Bertz CT molecular complexity index is 730. The molecule has 1 aliphatic carbocycles. The van der Waals surface area contributed by atoms with Gasteiger partial charge in [-0.2, -0.15) is 0 Å². The summed E-state index contributed by atoms with van der Waals surface area (Å²) in [6.45, 7) is 9.87. The minimum absolute atomic E-state index is 0.314. The van der Waals surface area contributed by atoms with Crippen LogP contribution < -0.4 is 21.5 Å². The number of rotatable bonds is 3. The molecule has 0 spiro atoms. The Morgan fingerprint density at radius 3 is 2.34 bits per heavy atom. The highest BCUT2D eigenvalue weighted by molar-refractivity contribution is 7.80. The summed E-state index contributed by atoms with van der Waals surface area (Å²) in [5.41, 5.74) is 5.78. The number of hydrogen-bond donors (Lipinski definition) is 4. The molecule has 160 valence electrons. The van der Waals surface area contributed by atoms with E-state index in [0.29, 0.717) is 34.2 Å². The molecule has 1 aromatic rings. The molecule has 0 saturated heterocycles. The Hall–Kier alpha value is -2.35. The molecular weight excluding hydrogens is 388 g/mol. The lowest BCUT2D eigenvalue weighted by molar-refractivity contribution is 0.0635. The molecule has 0 unspecified atom stereocenters. The third kappa shape index (κ3) is 7.53. The van der Waals surface area contributed by atoms with Crippen LogP contribution in [-0.2, 0) is 4.74 Å². The van der Waals surface area contributed by atoms with Gasteiger partial charge >= 0.3 is 6.09 Å². The van der Waals surface area contributed by atoms with Crippen molar-refractivity contribution in [1.82, 2.24) is 16.2 Å². The van der Waals surface area contributed by atoms with Gasteiger partial charge in [-0.3, -0.25) is 21.0 Å². The summed E-state index contributed by atoms with van der Waals surface area (Å²) >= 11 is 5.31. The van der Waals surface area contributed by atoms with Gasteiger partial charge < -0.3 is 10.1 Å². The van der Waals surface area contributed by atoms with E-state index in [0.717, 1.165) is 6.42 Å². The fraction of sp³-hybridized carbons (Fsp3) is 0.571. The van der Waals surface area contributed by atoms with Crippen LogP contribution in [0.3, 0.4) is 0 Å². The number of hydrogen-bond acceptors (Lipinski definition) is 4. The predicted octanol–water partition coefficient (Wildman–Crippen LogP) is 3.97. The maximum absolute atomic E-state index is 12.3. The Morgan fingerprint density at radius 2 is 1.72 bits per heavy atom. The van der Waals surface area contributed by atoms with Crippen LogP contribution in [0, 0.1) is 11.8 Å². The van der Waals surface area contributed by atoms with Crippen LogP contribution in [0.1, 0.15) is 64.2 Å². The van der Waals surface area contributed by atoms with Gasteiger partial charge in [0.2, 0.25) is 0 Å². The molecule has 0 bridgehead atoms. The van der Waals surface area contributed by atoms with Crippen molar-refractivity contribution in [2.75, 3.05) is 5.32 Å². The molecule has 1 saturated carbocycles. The summed E-state index contributed by atoms with van der Waals surface area (Å²) in [4.78, 5) is 24.1. The third-order valence-electron chi connectivity index (χ3n) is 5.11. The summed E-state index contributed by atoms with van der Waals surface area (Å²) < 4.78 is 5.20. The molecule has 0 aromatic heterocycles. The quantitative estimate of drug-likeness (QED) is 0.437. The van der Waals surface area contributed by atoms with E-state index in [1.165, 1.54) is 12.8 Å². The maximum Gasteiger partial charge on any atom is 0.412 e. The largest absolute Gasteiger partial charge is 0.444 e. The molecule has 3 atom stereocenters. The van der Waals surface area contributed by atoms with Crippen LogP contribution in [0.2, 0.25) is 0 Å². The highest BCUT2D eigenvalue weighted by atomic mass is 32.1. The molecule has 2 amide bonds. The molecule has 1 aliphatic rings. The van der Waals surface area contributed by atoms with E-state index in [4.69, 9.17) is 17.0 Å². The number of carbonyl (C=O) groups excluding carboxylic acids is 2. The second-order valence-electron chi connectivity index (χ2n) is 8.63. The van der Waals surface area contributed by atoms with Crippen LogP contribution in [0.25, 0.3) is 0 Å². The summed E-state index contributed by atoms with van der Waals surface area (Å²) in [5.74, 6) is 0.874. The van der Waals surface area contributed by atoms with Crippen molar-refractivity contribution in [3.8, 4) is 0 Å². The lowest BCUT2D eigenvalue weighted by atomic mass is 9.78. The number of hydrazine groups is 1. The van der Waals surface area contributed by atoms with Gasteiger partial charge in [-0.1, -0.05) is 26.7 Å². The number of thiocarbonyl (C=S) groups is 1. The zero-order valence-corrected chi connectivity index (χ0v) is 18.6. The van der Waals surface area contributed by atoms with Crippen molar-refractivity contribution < 1.29 is 14.3 Å². The van der Waals surface area contributed by atoms with Crippen molar-refractivity contribution in [2.24, 2.45) is 11.8 Å². The molecule has 0 heterocycles. The van der Waals surface area contributed by atoms with E-state index < -0.39 is 11.7 Å². The Balaban J connectivity index is 1.80. The molecule has 8 heteroatoms. The Morgan fingerprint density at radius 1 is 1.07 bits per heavy atom. The van der Waals surface area contributed by atoms with Crippen molar-refractivity contribution >= 4 is 35.0 Å². The molecule has 0 radical (unpaired) electrons. The van der Waals surface area contributed by atoms with E-state index in [2.05, 4.69) is 35.3 Å². The average molecular weight is 421 g/mol. The van der Waals surface area contributed by atoms with Gasteiger partial charge in [-0.25, -0.2) is 4.79 Å². The Labute approximate surface area is 178 Å². The lowest BCUT2D eigenvalue weighted by Gasteiger charge is -2.35. The minimum Gasteiger partial charge on any atom is -0.444 e. The highest BCUT2D eigenvalue weighted by Crippen LogP contribution is 2.29. The van der Waals surface area contributed by atoms with Crippen molar-refractivity contribution in [3.05, 3.63) is 29.8 Å². The van der Waals surface area contributed by atoms with Gasteiger partial charge in [0.1, 0.15) is 5.60 Å². The van der Waals surface area contributed by atoms with Crippen molar-refractivity contribution in [1.29, 1.82) is 0 Å². The zero-order chi connectivity index (χ0) is 21.6. The van der Waals surface area contributed by atoms with Crippen LogP contribution in [0.5, 0.6) is 0 Å². The van der Waals surface area contributed by atoms with E-state index >= 15 is 0 Å². The molecular formula is C21H32N4O3S. The summed E-state index contributed by atoms with van der Waals surface area (Å²) in [6, 6.07) is 6.82. The maximum atomic E-state index is 12.3. The van der Waals surface area contributed by atoms with Gasteiger partial charge in [-0.05, 0) is 75.5 Å². The summed E-state index contributed by atoms with van der Waals surface area (Å²) in [5, 5.41) is 6.34. The summed E-state index contributed by atoms with van der Waals surface area (Å²) in [7, 11) is 0. The topological polar surface area (TPSA) is 91.5 Å². The summed E-state index contributed by atoms with van der Waals surface area (Å²) in [6.07, 6.45) is 2.96. The van der Waals surface area contributed by atoms with Gasteiger partial charge in [0, 0.05) is 17.3 Å².